The number of aliphatic hydroxyl groups excluding tert-OH is 23. The number of nitrogens with one attached hydrogen (secondary N) is 3. The number of hydrogen-bond donors (Lipinski definition) is 26. The van der Waals surface area contributed by atoms with Gasteiger partial charge in [0, 0.05) is 32.7 Å². The molecule has 1 saturated heterocycles. The molecule has 26 N–H and O–H groups in total. The second-order valence-corrected chi connectivity index (χ2v) is 38.1. The van der Waals surface area contributed by atoms with Crippen LogP contribution in [0.15, 0.2) is 125 Å². The number of rotatable bonds is 55. The van der Waals surface area contributed by atoms with Gasteiger partial charge in [-0.1, -0.05) is 71.9 Å². The molecule has 12 unspecified atom stereocenters. The summed E-state index contributed by atoms with van der Waals surface area (Å²) in [7, 11) is 0. The van der Waals surface area contributed by atoms with Crippen molar-refractivity contribution in [3.8, 4) is 0 Å². The lowest BCUT2D eigenvalue weighted by Crippen LogP contribution is -2.50. The van der Waals surface area contributed by atoms with E-state index in [1.54, 1.807) is 71.9 Å². The zero-order valence-corrected chi connectivity index (χ0v) is 83.1. The quantitative estimate of drug-likeness (QED) is 0.0213. The van der Waals surface area contributed by atoms with Crippen molar-refractivity contribution in [3.63, 3.8) is 0 Å². The Balaban J connectivity index is 2.53. The Morgan fingerprint density at radius 2 is 0.730 bits per heavy atom. The Bertz CT molecular complexity index is 4890. The van der Waals surface area contributed by atoms with Crippen molar-refractivity contribution in [2.24, 2.45) is 113 Å². The lowest BCUT2D eigenvalue weighted by Gasteiger charge is -2.31. The van der Waals surface area contributed by atoms with E-state index in [4.69, 9.17) is 16.2 Å². The second-order valence-electron chi connectivity index (χ2n) is 38.1. The average Bonchev–Trinajstić information content (AvgIpc) is 1.74. The summed E-state index contributed by atoms with van der Waals surface area (Å²) in [6, 6.07) is -6.68. The van der Waals surface area contributed by atoms with Gasteiger partial charge in [0.1, 0.15) is 112 Å². The summed E-state index contributed by atoms with van der Waals surface area (Å²) in [5.41, 5.74) is -11.5. The molecule has 0 aromatic heterocycles. The largest absolute Gasteiger partial charge is 0.497 e. The molecule has 1 aromatic rings. The third kappa shape index (κ3) is 40.1. The molecule has 47 heteroatoms. The van der Waals surface area contributed by atoms with E-state index in [2.05, 4.69) is 94.9 Å². The number of hydrogen-bond acceptors (Lipinski definition) is 24. The van der Waals surface area contributed by atoms with E-state index >= 15 is 0 Å². The first-order chi connectivity index (χ1) is 62.8. The summed E-state index contributed by atoms with van der Waals surface area (Å²) in [4.78, 5) is 95.2. The van der Waals surface area contributed by atoms with Crippen LogP contribution in [0, 0.1) is 34.0 Å². The number of nitrogens with zero attached hydrogens (tertiary/aromatic N) is 20. The smallest absolute Gasteiger partial charge is 0.250 e. The minimum atomic E-state index is -1.88. The van der Waals surface area contributed by atoms with Crippen molar-refractivity contribution < 1.29 is 122 Å². The third-order valence-electron chi connectivity index (χ3n) is 20.9. The first kappa shape index (κ1) is 120. The number of amides is 1. The number of likely N-dealkylation sites (tertiary alicyclic amines) is 1. The van der Waals surface area contributed by atoms with Crippen molar-refractivity contribution in [2.45, 2.75) is 355 Å². The molecule has 0 radical (unpaired) electrons. The van der Waals surface area contributed by atoms with Gasteiger partial charge in [-0.15, -0.1) is 0 Å². The molecule has 1 aliphatic rings. The average molecular weight is 1940 g/mol. The van der Waals surface area contributed by atoms with Crippen molar-refractivity contribution in [1.29, 1.82) is 16.2 Å². The third-order valence-corrected chi connectivity index (χ3v) is 20.9. The van der Waals surface area contributed by atoms with E-state index in [-0.39, 0.29) is 75.6 Å². The molecule has 1 amide bonds. The highest BCUT2D eigenvalue weighted by Gasteiger charge is 2.43. The summed E-state index contributed by atoms with van der Waals surface area (Å²) < 4.78 is 0. The number of benzene rings is 1. The molecule has 47 nitrogen and oxygen atoms in total. The molecule has 0 saturated carbocycles. The van der Waals surface area contributed by atoms with E-state index in [9.17, 15) is 122 Å². The lowest BCUT2D eigenvalue weighted by atomic mass is 10.0. The van der Waals surface area contributed by atoms with Crippen LogP contribution in [0.4, 0.5) is 0 Å². The molecule has 0 spiro atoms. The molecule has 137 heavy (non-hydrogen) atoms. The van der Waals surface area contributed by atoms with E-state index in [0.29, 0.717) is 6.42 Å². The summed E-state index contributed by atoms with van der Waals surface area (Å²) in [5, 5.41) is 276. The molecular weight excluding hydrogens is 1790 g/mol. The minimum absolute atomic E-state index is 0.00798. The number of aliphatic imine (C=N–C) groups is 19. The normalized spacial score (nSPS) is 19.0. The van der Waals surface area contributed by atoms with Crippen LogP contribution in [0.5, 0.6) is 0 Å². The molecule has 1 heterocycles. The Kier molecular flexibility index (Phi) is 45.9. The summed E-state index contributed by atoms with van der Waals surface area (Å²) >= 11 is 0. The van der Waals surface area contributed by atoms with Gasteiger partial charge in [0.2, 0.25) is 106 Å². The molecule has 768 valence electrons. The van der Waals surface area contributed by atoms with E-state index < -0.39 is 273 Å². The molecular formula is C90H149N23O24. The monoisotopic (exact) mass is 1940 g/mol. The molecule has 12 atom stereocenters. The molecule has 2 rings (SSSR count). The Labute approximate surface area is 798 Å². The van der Waals surface area contributed by atoms with Crippen LogP contribution in [0.3, 0.4) is 0 Å². The molecule has 1 aromatic carbocycles. The van der Waals surface area contributed by atoms with Gasteiger partial charge >= 0.3 is 0 Å². The Morgan fingerprint density at radius 3 is 1.17 bits per heavy atom. The zero-order chi connectivity index (χ0) is 105. The van der Waals surface area contributed by atoms with Crippen LogP contribution in [-0.2, 0) is 11.2 Å². The van der Waals surface area contributed by atoms with Gasteiger partial charge in [-0.25, -0.2) is 94.9 Å². The molecule has 1 fully saturated rings. The number of carbonyl (C=O) groups is 1. The number of carbonyl (C=O) groups excluding carboxylic acids is 1. The maximum atomic E-state index is 14.6. The summed E-state index contributed by atoms with van der Waals surface area (Å²) in [5.74, 6) is -17.7. The van der Waals surface area contributed by atoms with Crippen LogP contribution < -0.4 is 0 Å². The SMILES string of the molecule is CC(O)=NC(C)(C)C(O)=NC(C)C(O)=NC(C)C(O)=NC(C)C(O)=NC(C)(C)C(O)=NC(C)(C)C(O)=NC(CCC(=N)O)C(O)=NC(C)(C)C(O)=NC(CC(C)C)C(O)=NC(C)(C)C(O)=NCC(O)=NC(CC(C)C)C(O)=NC(C)(C)C(=O)N1CCCC1C(O)=NC(C(O)=NC(C)(C)C(O)=NC(C)C(O)=NC(CCC(=N)O)C(O)=NC(CCC(=N)O)C(O)=NC(CO)Cc1ccccc1)C(C)C. The van der Waals surface area contributed by atoms with Crippen LogP contribution >= 0.6 is 0 Å². The van der Waals surface area contributed by atoms with Gasteiger partial charge in [-0.2, -0.15) is 0 Å². The predicted molar refractivity (Wildman–Crippen MR) is 539 cm³/mol. The van der Waals surface area contributed by atoms with Gasteiger partial charge in [0.15, 0.2) is 23.6 Å². The first-order valence-corrected chi connectivity index (χ1v) is 44.8. The highest BCUT2D eigenvalue weighted by molar-refractivity contribution is 6.00. The molecule has 0 aliphatic carbocycles. The highest BCUT2D eigenvalue weighted by Crippen LogP contribution is 2.30. The van der Waals surface area contributed by atoms with Crippen molar-refractivity contribution in [1.82, 2.24) is 4.90 Å². The van der Waals surface area contributed by atoms with E-state index in [0.717, 1.165) is 5.56 Å². The van der Waals surface area contributed by atoms with Crippen LogP contribution in [-0.4, -0.2) is 389 Å². The van der Waals surface area contributed by atoms with Crippen LogP contribution in [0.25, 0.3) is 0 Å². The van der Waals surface area contributed by atoms with Crippen molar-refractivity contribution in [2.75, 3.05) is 19.7 Å². The number of aliphatic hydroxyl groups is 23. The Hall–Kier alpha value is -13.0. The standard InChI is InChI=1S/C90H149N23O24/c1-45(2)40-58(73(127)110-90(24,25)83(137)113-39-29-32-60(113)75(129)105-65(47(5)6)76(130)111-86(16,17)79(133)98-50(9)68(122)101-56(34-37-62(92)117)71(125)102-55(33-36-61(91)116)70(124)99-54(44-114)42-53-30-27-26-28-31-53)100-64(119)43-94-77(131)84(12,13)109-74(128)59(41-46(3)4)104-80(134)87(18,19)108-72(126)57(35-38-63(93)118)103-81(135)88(20,21)112-82(136)89(22,23)107-69(123)51(10)96-66(120)48(7)95-67(121)49(8)97-78(132)85(14,15)106-52(11)115/h26-28,30-31,45-51,54-60,65,114H,29,32-44H2,1-25H3,(H2,91,116)(H2,92,117)(H2,93,118)(H,94,131)(H,95,121)(H,96,120)(H,97,132)(H,98,133)(H,99,124)(H,100,119)(H,101,122)(H,102,125)(H,103,135)(H,104,134)(H,105,129)(H,106,115)(H,107,123)(H,108,126)(H,109,128)(H,110,127)(H,111,130)(H,112,136). The lowest BCUT2D eigenvalue weighted by molar-refractivity contribution is -0.135. The summed E-state index contributed by atoms with van der Waals surface area (Å²) in [6.07, 6.45) is -1.39. The fourth-order valence-corrected chi connectivity index (χ4v) is 12.8. The van der Waals surface area contributed by atoms with Crippen molar-refractivity contribution in [3.05, 3.63) is 35.9 Å². The van der Waals surface area contributed by atoms with Crippen molar-refractivity contribution >= 4 is 136 Å². The minimum Gasteiger partial charge on any atom is -0.497 e. The topological polar surface area (TPSA) is 792 Å². The van der Waals surface area contributed by atoms with E-state index in [1.807, 2.05) is 0 Å². The van der Waals surface area contributed by atoms with Gasteiger partial charge in [-0.3, -0.25) is 21.0 Å². The first-order valence-electron chi connectivity index (χ1n) is 44.8. The maximum Gasteiger partial charge on any atom is 0.250 e. The van der Waals surface area contributed by atoms with Gasteiger partial charge in [0.05, 0.1) is 12.6 Å². The maximum absolute atomic E-state index is 14.6. The van der Waals surface area contributed by atoms with E-state index in [1.165, 1.54) is 136 Å². The van der Waals surface area contributed by atoms with Gasteiger partial charge < -0.3 is 122 Å². The fourth-order valence-electron chi connectivity index (χ4n) is 12.8. The molecule has 0 bridgehead atoms. The zero-order valence-electron chi connectivity index (χ0n) is 83.1. The summed E-state index contributed by atoms with van der Waals surface area (Å²) in [6.45, 7) is 34.9. The second kappa shape index (κ2) is 52.3. The molecule has 1 aliphatic heterocycles. The fraction of sp³-hybridized carbons (Fsp3) is 0.678. The predicted octanol–water partition coefficient (Wildman–Crippen LogP) is 13.7. The van der Waals surface area contributed by atoms with Crippen LogP contribution in [0.1, 0.15) is 243 Å². The van der Waals surface area contributed by atoms with Gasteiger partial charge in [-0.05, 0) is 199 Å². The van der Waals surface area contributed by atoms with Crippen LogP contribution in [0.2, 0.25) is 0 Å². The van der Waals surface area contributed by atoms with Gasteiger partial charge in [0.25, 0.3) is 5.91 Å². The highest BCUT2D eigenvalue weighted by atomic mass is 16.3. The Morgan fingerprint density at radius 1 is 0.380 bits per heavy atom.